The van der Waals surface area contributed by atoms with Gasteiger partial charge in [-0.1, -0.05) is 18.2 Å². The van der Waals surface area contributed by atoms with Gasteiger partial charge in [-0.2, -0.15) is 0 Å². The molecule has 0 aromatic heterocycles. The van der Waals surface area contributed by atoms with Gasteiger partial charge < -0.3 is 14.8 Å². The summed E-state index contributed by atoms with van der Waals surface area (Å²) >= 11 is 0. The Kier molecular flexibility index (Phi) is 4.84. The third kappa shape index (κ3) is 4.26. The Morgan fingerprint density at radius 2 is 1.96 bits per heavy atom. The van der Waals surface area contributed by atoms with Crippen molar-refractivity contribution in [2.75, 3.05) is 11.9 Å². The first kappa shape index (κ1) is 16.8. The third-order valence-corrected chi connectivity index (χ3v) is 3.58. The van der Waals surface area contributed by atoms with Gasteiger partial charge in [0.1, 0.15) is 11.5 Å². The number of anilines is 1. The summed E-state index contributed by atoms with van der Waals surface area (Å²) in [6, 6.07) is 12.5. The summed E-state index contributed by atoms with van der Waals surface area (Å²) in [6.07, 6.45) is 3.37. The molecule has 0 atom stereocenters. The lowest BCUT2D eigenvalue weighted by molar-refractivity contribution is -0.118. The molecular formula is C20H19NO4. The molecule has 1 N–H and O–H groups in total. The molecule has 0 radical (unpaired) electrons. The summed E-state index contributed by atoms with van der Waals surface area (Å²) in [6.45, 7) is 3.94. The molecule has 128 valence electrons. The van der Waals surface area contributed by atoms with E-state index in [0.29, 0.717) is 17.0 Å². The zero-order chi connectivity index (χ0) is 17.8. The van der Waals surface area contributed by atoms with E-state index in [0.717, 1.165) is 11.3 Å². The van der Waals surface area contributed by atoms with Gasteiger partial charge in [0, 0.05) is 5.56 Å². The Bertz CT molecular complexity index is 822. The Morgan fingerprint density at radius 3 is 2.68 bits per heavy atom. The van der Waals surface area contributed by atoms with E-state index in [9.17, 15) is 9.59 Å². The minimum atomic E-state index is -0.226. The molecule has 1 amide bonds. The molecule has 0 aliphatic carbocycles. The lowest BCUT2D eigenvalue weighted by Crippen LogP contribution is -2.25. The van der Waals surface area contributed by atoms with Crippen molar-refractivity contribution in [3.05, 3.63) is 59.7 Å². The van der Waals surface area contributed by atoms with Gasteiger partial charge in [0.25, 0.3) is 5.91 Å². The molecule has 25 heavy (non-hydrogen) atoms. The molecule has 0 bridgehead atoms. The van der Waals surface area contributed by atoms with E-state index in [1.807, 2.05) is 38.1 Å². The molecule has 3 rings (SSSR count). The largest absolute Gasteiger partial charge is 0.491 e. The third-order valence-electron chi connectivity index (χ3n) is 3.58. The zero-order valence-corrected chi connectivity index (χ0v) is 14.1. The first-order valence-corrected chi connectivity index (χ1v) is 8.07. The maximum Gasteiger partial charge on any atom is 0.262 e. The molecule has 1 heterocycles. The number of hydrogen-bond donors (Lipinski definition) is 1. The number of benzene rings is 2. The monoisotopic (exact) mass is 337 g/mol. The van der Waals surface area contributed by atoms with Gasteiger partial charge in [0.2, 0.25) is 0 Å². The van der Waals surface area contributed by atoms with E-state index < -0.39 is 0 Å². The molecule has 2 aromatic rings. The molecule has 0 spiro atoms. The second kappa shape index (κ2) is 7.21. The second-order valence-electron chi connectivity index (χ2n) is 5.98. The van der Waals surface area contributed by atoms with Crippen LogP contribution in [0.3, 0.4) is 0 Å². The fourth-order valence-electron chi connectivity index (χ4n) is 2.43. The lowest BCUT2D eigenvalue weighted by Gasteiger charge is -2.17. The van der Waals surface area contributed by atoms with Crippen LogP contribution in [-0.4, -0.2) is 24.4 Å². The van der Waals surface area contributed by atoms with E-state index >= 15 is 0 Å². The summed E-state index contributed by atoms with van der Waals surface area (Å²) in [5.41, 5.74) is 1.91. The van der Waals surface area contributed by atoms with Crippen LogP contribution >= 0.6 is 0 Å². The van der Waals surface area contributed by atoms with Gasteiger partial charge in [-0.25, -0.2) is 0 Å². The molecule has 1 aliphatic rings. The second-order valence-corrected chi connectivity index (χ2v) is 5.98. The van der Waals surface area contributed by atoms with E-state index in [-0.39, 0.29) is 24.4 Å². The Balaban J connectivity index is 1.70. The summed E-state index contributed by atoms with van der Waals surface area (Å²) in [5.74, 6) is 0.992. The highest BCUT2D eigenvalue weighted by atomic mass is 16.5. The van der Waals surface area contributed by atoms with Crippen LogP contribution in [0.2, 0.25) is 0 Å². The van der Waals surface area contributed by atoms with Crippen LogP contribution in [0.5, 0.6) is 11.5 Å². The number of nitrogens with one attached hydrogen (secondary N) is 1. The summed E-state index contributed by atoms with van der Waals surface area (Å²) in [5, 5.41) is 2.70. The van der Waals surface area contributed by atoms with Crippen molar-refractivity contribution < 1.29 is 19.1 Å². The molecule has 0 unspecified atom stereocenters. The van der Waals surface area contributed by atoms with Crippen LogP contribution in [0.15, 0.2) is 48.5 Å². The maximum absolute atomic E-state index is 12.3. The van der Waals surface area contributed by atoms with Crippen molar-refractivity contribution in [1.82, 2.24) is 0 Å². The van der Waals surface area contributed by atoms with Crippen molar-refractivity contribution in [1.29, 1.82) is 0 Å². The van der Waals surface area contributed by atoms with Gasteiger partial charge in [-0.05, 0) is 55.8 Å². The van der Waals surface area contributed by atoms with E-state index in [1.54, 1.807) is 24.3 Å². The molecule has 2 aromatic carbocycles. The number of hydrogen-bond acceptors (Lipinski definition) is 4. The molecule has 5 nitrogen and oxygen atoms in total. The van der Waals surface area contributed by atoms with Crippen LogP contribution in [0.25, 0.3) is 6.08 Å². The SMILES string of the molecule is CC(C)Oc1ccc(/C=C/C(=O)c2ccc3c(c2)NC(=O)CO3)cc1. The fraction of sp³-hybridized carbons (Fsp3) is 0.200. The van der Waals surface area contributed by atoms with E-state index in [4.69, 9.17) is 9.47 Å². The molecule has 0 saturated carbocycles. The quantitative estimate of drug-likeness (QED) is 0.667. The first-order valence-electron chi connectivity index (χ1n) is 8.07. The van der Waals surface area contributed by atoms with E-state index in [2.05, 4.69) is 5.32 Å². The number of allylic oxidation sites excluding steroid dienone is 1. The molecule has 0 fully saturated rings. The average molecular weight is 337 g/mol. The topological polar surface area (TPSA) is 64.6 Å². The first-order chi connectivity index (χ1) is 12.0. The highest BCUT2D eigenvalue weighted by Gasteiger charge is 2.17. The predicted octanol–water partition coefficient (Wildman–Crippen LogP) is 3.70. The van der Waals surface area contributed by atoms with Gasteiger partial charge in [0.15, 0.2) is 12.4 Å². The summed E-state index contributed by atoms with van der Waals surface area (Å²) in [7, 11) is 0. The zero-order valence-electron chi connectivity index (χ0n) is 14.1. The molecule has 1 aliphatic heterocycles. The van der Waals surface area contributed by atoms with E-state index in [1.165, 1.54) is 6.08 Å². The van der Waals surface area contributed by atoms with Crippen LogP contribution in [0, 0.1) is 0 Å². The fourth-order valence-corrected chi connectivity index (χ4v) is 2.43. The number of ketones is 1. The smallest absolute Gasteiger partial charge is 0.262 e. The van der Waals surface area contributed by atoms with Crippen LogP contribution in [0.4, 0.5) is 5.69 Å². The van der Waals surface area contributed by atoms with Crippen molar-refractivity contribution in [3.8, 4) is 11.5 Å². The minimum absolute atomic E-state index is 0.00326. The lowest BCUT2D eigenvalue weighted by atomic mass is 10.1. The number of ether oxygens (including phenoxy) is 2. The van der Waals surface area contributed by atoms with Gasteiger partial charge in [0.05, 0.1) is 11.8 Å². The predicted molar refractivity (Wildman–Crippen MR) is 96.1 cm³/mol. The maximum atomic E-state index is 12.3. The van der Waals surface area contributed by atoms with Crippen molar-refractivity contribution in [3.63, 3.8) is 0 Å². The van der Waals surface area contributed by atoms with Crippen molar-refractivity contribution >= 4 is 23.5 Å². The van der Waals surface area contributed by atoms with Crippen molar-refractivity contribution in [2.24, 2.45) is 0 Å². The highest BCUT2D eigenvalue weighted by Crippen LogP contribution is 2.28. The van der Waals surface area contributed by atoms with Crippen molar-refractivity contribution in [2.45, 2.75) is 20.0 Å². The Hall–Kier alpha value is -3.08. The van der Waals surface area contributed by atoms with Crippen LogP contribution in [-0.2, 0) is 4.79 Å². The number of fused-ring (bicyclic) bond motifs is 1. The molecule has 0 saturated heterocycles. The van der Waals surface area contributed by atoms with Crippen LogP contribution in [0.1, 0.15) is 29.8 Å². The average Bonchev–Trinajstić information content (AvgIpc) is 2.59. The summed E-state index contributed by atoms with van der Waals surface area (Å²) < 4.78 is 10.9. The Labute approximate surface area is 146 Å². The number of carbonyl (C=O) groups excluding carboxylic acids is 2. The normalized spacial score (nSPS) is 13.3. The van der Waals surface area contributed by atoms with Crippen LogP contribution < -0.4 is 14.8 Å². The summed E-state index contributed by atoms with van der Waals surface area (Å²) in [4.78, 5) is 23.7. The highest BCUT2D eigenvalue weighted by molar-refractivity contribution is 6.08. The van der Waals surface area contributed by atoms with Gasteiger partial charge in [-0.3, -0.25) is 9.59 Å². The standard InChI is InChI=1S/C20H19NO4/c1-13(2)25-16-7-3-14(4-8-16)5-9-18(22)15-6-10-19-17(11-15)21-20(23)12-24-19/h3-11,13H,12H2,1-2H3,(H,21,23)/b9-5+. The number of rotatable bonds is 5. The Morgan fingerprint density at radius 1 is 1.20 bits per heavy atom. The number of amides is 1. The minimum Gasteiger partial charge on any atom is -0.491 e. The molecule has 5 heteroatoms. The molecular weight excluding hydrogens is 318 g/mol. The van der Waals surface area contributed by atoms with Gasteiger partial charge >= 0.3 is 0 Å². The van der Waals surface area contributed by atoms with Gasteiger partial charge in [-0.15, -0.1) is 0 Å². The number of carbonyl (C=O) groups is 2.